The van der Waals surface area contributed by atoms with Gasteiger partial charge < -0.3 is 5.73 Å². The smallest absolute Gasteiger partial charge is 0.274 e. The van der Waals surface area contributed by atoms with Crippen LogP contribution in [0.5, 0.6) is 0 Å². The van der Waals surface area contributed by atoms with Crippen molar-refractivity contribution in [2.75, 3.05) is 7.11 Å². The fourth-order valence-electron chi connectivity index (χ4n) is 0.944. The summed E-state index contributed by atoms with van der Waals surface area (Å²) in [5.74, 6) is -0.258. The zero-order chi connectivity index (χ0) is 9.68. The standard InChI is InChI=1S/C9H12N2O2/c1-13-11-9(12)8-4-2-7(6-10)3-5-8/h2-5H,6,10H2,1H3,(H,11,12). The van der Waals surface area contributed by atoms with Gasteiger partial charge in [-0.25, -0.2) is 5.48 Å². The van der Waals surface area contributed by atoms with Crippen LogP contribution in [0.15, 0.2) is 24.3 Å². The molecule has 0 fully saturated rings. The highest BCUT2D eigenvalue weighted by Crippen LogP contribution is 2.03. The van der Waals surface area contributed by atoms with Gasteiger partial charge in [-0.3, -0.25) is 9.63 Å². The van der Waals surface area contributed by atoms with Crippen molar-refractivity contribution < 1.29 is 9.63 Å². The Bertz CT molecular complexity index is 282. The SMILES string of the molecule is CONC(=O)c1ccc(CN)cc1. The van der Waals surface area contributed by atoms with Gasteiger partial charge in [-0.15, -0.1) is 0 Å². The van der Waals surface area contributed by atoms with Crippen LogP contribution >= 0.6 is 0 Å². The number of hydroxylamine groups is 1. The van der Waals surface area contributed by atoms with Crippen molar-refractivity contribution >= 4 is 5.91 Å². The van der Waals surface area contributed by atoms with Gasteiger partial charge in [-0.05, 0) is 17.7 Å². The maximum absolute atomic E-state index is 11.2. The lowest BCUT2D eigenvalue weighted by molar-refractivity contribution is 0.0537. The third-order valence-electron chi connectivity index (χ3n) is 1.65. The van der Waals surface area contributed by atoms with Crippen molar-refractivity contribution in [3.05, 3.63) is 35.4 Å². The minimum Gasteiger partial charge on any atom is -0.326 e. The molecule has 0 bridgehead atoms. The lowest BCUT2D eigenvalue weighted by Crippen LogP contribution is -2.21. The third kappa shape index (κ3) is 2.54. The molecule has 13 heavy (non-hydrogen) atoms. The topological polar surface area (TPSA) is 64.3 Å². The molecule has 0 saturated heterocycles. The maximum Gasteiger partial charge on any atom is 0.274 e. The summed E-state index contributed by atoms with van der Waals surface area (Å²) in [5.41, 5.74) is 9.19. The number of hydrogen-bond acceptors (Lipinski definition) is 3. The summed E-state index contributed by atoms with van der Waals surface area (Å²) in [6.45, 7) is 0.478. The fourth-order valence-corrected chi connectivity index (χ4v) is 0.944. The number of nitrogens with one attached hydrogen (secondary N) is 1. The second kappa shape index (κ2) is 4.59. The molecule has 0 unspecified atom stereocenters. The molecule has 0 aliphatic rings. The first-order valence-electron chi connectivity index (χ1n) is 3.90. The summed E-state index contributed by atoms with van der Waals surface area (Å²) in [6, 6.07) is 7.03. The Morgan fingerprint density at radius 2 is 2.08 bits per heavy atom. The van der Waals surface area contributed by atoms with E-state index in [1.54, 1.807) is 12.1 Å². The number of carbonyl (C=O) groups excluding carboxylic acids is 1. The molecule has 1 amide bonds. The molecule has 0 atom stereocenters. The van der Waals surface area contributed by atoms with E-state index in [0.29, 0.717) is 12.1 Å². The van der Waals surface area contributed by atoms with Crippen molar-refractivity contribution in [3.8, 4) is 0 Å². The van der Waals surface area contributed by atoms with Gasteiger partial charge in [-0.2, -0.15) is 0 Å². The largest absolute Gasteiger partial charge is 0.326 e. The average Bonchev–Trinajstić information content (AvgIpc) is 2.18. The lowest BCUT2D eigenvalue weighted by atomic mass is 10.1. The highest BCUT2D eigenvalue weighted by molar-refractivity contribution is 5.93. The molecule has 0 heterocycles. The van der Waals surface area contributed by atoms with E-state index in [0.717, 1.165) is 5.56 Å². The first kappa shape index (κ1) is 9.70. The minimum absolute atomic E-state index is 0.258. The Morgan fingerprint density at radius 1 is 1.46 bits per heavy atom. The third-order valence-corrected chi connectivity index (χ3v) is 1.65. The monoisotopic (exact) mass is 180 g/mol. The van der Waals surface area contributed by atoms with Gasteiger partial charge in [0.1, 0.15) is 0 Å². The number of rotatable bonds is 3. The minimum atomic E-state index is -0.258. The van der Waals surface area contributed by atoms with E-state index in [1.807, 2.05) is 12.1 Å². The summed E-state index contributed by atoms with van der Waals surface area (Å²) in [7, 11) is 1.39. The van der Waals surface area contributed by atoms with Gasteiger partial charge in [-0.1, -0.05) is 12.1 Å². The summed E-state index contributed by atoms with van der Waals surface area (Å²) in [5, 5.41) is 0. The summed E-state index contributed by atoms with van der Waals surface area (Å²) < 4.78 is 0. The first-order chi connectivity index (χ1) is 6.27. The zero-order valence-electron chi connectivity index (χ0n) is 7.41. The normalized spacial score (nSPS) is 9.69. The first-order valence-corrected chi connectivity index (χ1v) is 3.90. The van der Waals surface area contributed by atoms with Crippen LogP contribution in [0.2, 0.25) is 0 Å². The van der Waals surface area contributed by atoms with Gasteiger partial charge in [0, 0.05) is 12.1 Å². The van der Waals surface area contributed by atoms with Crippen LogP contribution in [0.4, 0.5) is 0 Å². The molecule has 0 spiro atoms. The van der Waals surface area contributed by atoms with Crippen molar-refractivity contribution in [1.29, 1.82) is 0 Å². The average molecular weight is 180 g/mol. The quantitative estimate of drug-likeness (QED) is 0.663. The highest BCUT2D eigenvalue weighted by Gasteiger charge is 2.02. The molecular formula is C9H12N2O2. The van der Waals surface area contributed by atoms with Crippen molar-refractivity contribution in [1.82, 2.24) is 5.48 Å². The van der Waals surface area contributed by atoms with Crippen molar-refractivity contribution in [2.24, 2.45) is 5.73 Å². The van der Waals surface area contributed by atoms with Crippen molar-refractivity contribution in [2.45, 2.75) is 6.54 Å². The fraction of sp³-hybridized carbons (Fsp3) is 0.222. The molecule has 0 aliphatic carbocycles. The van der Waals surface area contributed by atoms with E-state index in [-0.39, 0.29) is 5.91 Å². The summed E-state index contributed by atoms with van der Waals surface area (Å²) >= 11 is 0. The van der Waals surface area contributed by atoms with Crippen molar-refractivity contribution in [3.63, 3.8) is 0 Å². The number of hydrogen-bond donors (Lipinski definition) is 2. The molecule has 70 valence electrons. The molecule has 3 N–H and O–H groups in total. The molecule has 4 heteroatoms. The Balaban J connectivity index is 2.74. The lowest BCUT2D eigenvalue weighted by Gasteiger charge is -2.02. The predicted octanol–water partition coefficient (Wildman–Crippen LogP) is 0.436. The van der Waals surface area contributed by atoms with Gasteiger partial charge in [0.25, 0.3) is 5.91 Å². The van der Waals surface area contributed by atoms with Gasteiger partial charge in [0.15, 0.2) is 0 Å². The molecule has 1 rings (SSSR count). The van der Waals surface area contributed by atoms with Gasteiger partial charge in [0.05, 0.1) is 7.11 Å². The van der Waals surface area contributed by atoms with Crippen LogP contribution in [0.1, 0.15) is 15.9 Å². The predicted molar refractivity (Wildman–Crippen MR) is 48.8 cm³/mol. The second-order valence-corrected chi connectivity index (χ2v) is 2.54. The molecule has 0 aliphatic heterocycles. The van der Waals surface area contributed by atoms with E-state index in [4.69, 9.17) is 5.73 Å². The number of nitrogens with two attached hydrogens (primary N) is 1. The van der Waals surface area contributed by atoms with E-state index >= 15 is 0 Å². The molecule has 1 aromatic carbocycles. The Morgan fingerprint density at radius 3 is 2.54 bits per heavy atom. The number of carbonyl (C=O) groups is 1. The van der Waals surface area contributed by atoms with E-state index in [2.05, 4.69) is 10.3 Å². The van der Waals surface area contributed by atoms with E-state index in [9.17, 15) is 4.79 Å². The molecule has 0 radical (unpaired) electrons. The van der Waals surface area contributed by atoms with Gasteiger partial charge in [0.2, 0.25) is 0 Å². The van der Waals surface area contributed by atoms with Crippen LogP contribution in [0.3, 0.4) is 0 Å². The molecule has 0 aromatic heterocycles. The summed E-state index contributed by atoms with van der Waals surface area (Å²) in [6.07, 6.45) is 0. The zero-order valence-corrected chi connectivity index (χ0v) is 7.41. The second-order valence-electron chi connectivity index (χ2n) is 2.54. The Kier molecular flexibility index (Phi) is 3.42. The van der Waals surface area contributed by atoms with E-state index < -0.39 is 0 Å². The number of benzene rings is 1. The van der Waals surface area contributed by atoms with Crippen LogP contribution < -0.4 is 11.2 Å². The highest BCUT2D eigenvalue weighted by atomic mass is 16.6. The van der Waals surface area contributed by atoms with Gasteiger partial charge >= 0.3 is 0 Å². The summed E-state index contributed by atoms with van der Waals surface area (Å²) in [4.78, 5) is 15.7. The van der Waals surface area contributed by atoms with Crippen LogP contribution in [0, 0.1) is 0 Å². The maximum atomic E-state index is 11.2. The van der Waals surface area contributed by atoms with Crippen LogP contribution in [-0.4, -0.2) is 13.0 Å². The molecule has 1 aromatic rings. The van der Waals surface area contributed by atoms with Crippen LogP contribution in [0.25, 0.3) is 0 Å². The Labute approximate surface area is 76.6 Å². The Hall–Kier alpha value is -1.39. The number of amides is 1. The molecule has 4 nitrogen and oxygen atoms in total. The molecular weight excluding hydrogens is 168 g/mol. The van der Waals surface area contributed by atoms with Crippen LogP contribution in [-0.2, 0) is 11.4 Å². The molecule has 0 saturated carbocycles. The van der Waals surface area contributed by atoms with E-state index in [1.165, 1.54) is 7.11 Å².